The summed E-state index contributed by atoms with van der Waals surface area (Å²) < 4.78 is 12.7. The lowest BCUT2D eigenvalue weighted by atomic mass is 10.1. The molecular weight excluding hydrogens is 168 g/mol. The minimum Gasteiger partial charge on any atom is -0.487 e. The molecule has 0 radical (unpaired) electrons. The summed E-state index contributed by atoms with van der Waals surface area (Å²) in [5.41, 5.74) is 0. The van der Waals surface area contributed by atoms with E-state index in [0.717, 1.165) is 31.8 Å². The lowest BCUT2D eigenvalue weighted by Crippen LogP contribution is -2.25. The van der Waals surface area contributed by atoms with Crippen LogP contribution in [0.3, 0.4) is 0 Å². The molecule has 0 amide bonds. The number of rotatable bonds is 2. The van der Waals surface area contributed by atoms with E-state index in [1.807, 2.05) is 13.2 Å². The van der Waals surface area contributed by atoms with Crippen LogP contribution in [0, 0.1) is 0 Å². The van der Waals surface area contributed by atoms with Gasteiger partial charge in [0, 0.05) is 19.9 Å². The quantitative estimate of drug-likeness (QED) is 0.684. The van der Waals surface area contributed by atoms with Crippen LogP contribution >= 0.6 is 0 Å². The topological polar surface area (TPSA) is 36.3 Å². The molecule has 1 aliphatic heterocycles. The number of nitrogens with zero attached hydrogens (tertiary/aromatic N) is 2. The fourth-order valence-electron chi connectivity index (χ4n) is 1.45. The van der Waals surface area contributed by atoms with Gasteiger partial charge >= 0.3 is 0 Å². The fraction of sp³-hybridized carbons (Fsp3) is 0.667. The Morgan fingerprint density at radius 3 is 2.92 bits per heavy atom. The van der Waals surface area contributed by atoms with Crippen LogP contribution < -0.4 is 4.74 Å². The summed E-state index contributed by atoms with van der Waals surface area (Å²) in [4.78, 5) is 0. The minimum absolute atomic E-state index is 0.304. The number of aryl methyl sites for hydroxylation is 1. The first-order chi connectivity index (χ1) is 6.34. The average Bonchev–Trinajstić information content (AvgIpc) is 2.53. The number of ether oxygens (including phenoxy) is 2. The lowest BCUT2D eigenvalue weighted by Gasteiger charge is -2.22. The van der Waals surface area contributed by atoms with Crippen molar-refractivity contribution in [3.8, 4) is 5.75 Å². The molecule has 13 heavy (non-hydrogen) atoms. The monoisotopic (exact) mass is 182 g/mol. The average molecular weight is 182 g/mol. The van der Waals surface area contributed by atoms with Gasteiger partial charge in [-0.15, -0.1) is 0 Å². The van der Waals surface area contributed by atoms with E-state index in [4.69, 9.17) is 9.47 Å². The molecule has 0 N–H and O–H groups in total. The first-order valence-electron chi connectivity index (χ1n) is 4.57. The predicted octanol–water partition coefficient (Wildman–Crippen LogP) is 0.978. The Hall–Kier alpha value is -1.03. The zero-order valence-corrected chi connectivity index (χ0v) is 7.77. The standard InChI is InChI=1S/C9H14N2O2/c1-11-7-9(6-10-11)13-8-2-4-12-5-3-8/h6-8H,2-5H2,1H3. The maximum Gasteiger partial charge on any atom is 0.157 e. The van der Waals surface area contributed by atoms with Gasteiger partial charge in [-0.1, -0.05) is 0 Å². The molecule has 0 atom stereocenters. The Bertz CT molecular complexity index is 266. The highest BCUT2D eigenvalue weighted by molar-refractivity contribution is 5.11. The van der Waals surface area contributed by atoms with Gasteiger partial charge in [0.15, 0.2) is 5.75 Å². The molecule has 1 fully saturated rings. The summed E-state index contributed by atoms with van der Waals surface area (Å²) in [6.07, 6.45) is 5.90. The van der Waals surface area contributed by atoms with Crippen molar-refractivity contribution in [1.29, 1.82) is 0 Å². The lowest BCUT2D eigenvalue weighted by molar-refractivity contribution is 0.0255. The first-order valence-corrected chi connectivity index (χ1v) is 4.57. The molecule has 1 aliphatic rings. The molecule has 1 aromatic heterocycles. The molecule has 0 aromatic carbocycles. The van der Waals surface area contributed by atoms with Crippen molar-refractivity contribution in [1.82, 2.24) is 9.78 Å². The van der Waals surface area contributed by atoms with Crippen LogP contribution in [0.4, 0.5) is 0 Å². The van der Waals surface area contributed by atoms with Gasteiger partial charge in [-0.3, -0.25) is 4.68 Å². The number of hydrogen-bond donors (Lipinski definition) is 0. The van der Waals surface area contributed by atoms with Crippen molar-refractivity contribution in [3.63, 3.8) is 0 Å². The van der Waals surface area contributed by atoms with Crippen LogP contribution in [0.15, 0.2) is 12.4 Å². The summed E-state index contributed by atoms with van der Waals surface area (Å²) >= 11 is 0. The summed E-state index contributed by atoms with van der Waals surface area (Å²) in [7, 11) is 1.89. The normalized spacial score (nSPS) is 18.8. The Kier molecular flexibility index (Phi) is 2.49. The van der Waals surface area contributed by atoms with Crippen LogP contribution in [-0.4, -0.2) is 29.1 Å². The fourth-order valence-corrected chi connectivity index (χ4v) is 1.45. The molecule has 0 aliphatic carbocycles. The highest BCUT2D eigenvalue weighted by Gasteiger charge is 2.15. The van der Waals surface area contributed by atoms with Crippen molar-refractivity contribution in [3.05, 3.63) is 12.4 Å². The smallest absolute Gasteiger partial charge is 0.157 e. The Morgan fingerprint density at radius 1 is 1.54 bits per heavy atom. The highest BCUT2D eigenvalue weighted by Crippen LogP contribution is 2.16. The van der Waals surface area contributed by atoms with E-state index in [2.05, 4.69) is 5.10 Å². The van der Waals surface area contributed by atoms with Crippen molar-refractivity contribution in [2.24, 2.45) is 7.05 Å². The Balaban J connectivity index is 1.89. The molecule has 0 spiro atoms. The summed E-state index contributed by atoms with van der Waals surface area (Å²) in [5, 5.41) is 4.04. The van der Waals surface area contributed by atoms with Gasteiger partial charge in [0.25, 0.3) is 0 Å². The van der Waals surface area contributed by atoms with E-state index in [-0.39, 0.29) is 0 Å². The third-order valence-corrected chi connectivity index (χ3v) is 2.15. The van der Waals surface area contributed by atoms with Crippen LogP contribution in [0.2, 0.25) is 0 Å². The maximum absolute atomic E-state index is 5.71. The molecule has 72 valence electrons. The van der Waals surface area contributed by atoms with Gasteiger partial charge < -0.3 is 9.47 Å². The zero-order valence-electron chi connectivity index (χ0n) is 7.77. The molecule has 1 aromatic rings. The second-order valence-electron chi connectivity index (χ2n) is 3.28. The van der Waals surface area contributed by atoms with Crippen LogP contribution in [0.1, 0.15) is 12.8 Å². The van der Waals surface area contributed by atoms with Gasteiger partial charge in [-0.05, 0) is 0 Å². The molecule has 4 heteroatoms. The second-order valence-corrected chi connectivity index (χ2v) is 3.28. The molecule has 0 unspecified atom stereocenters. The molecule has 2 rings (SSSR count). The molecule has 4 nitrogen and oxygen atoms in total. The van der Waals surface area contributed by atoms with Gasteiger partial charge in [0.05, 0.1) is 25.6 Å². The first kappa shape index (κ1) is 8.56. The van der Waals surface area contributed by atoms with Crippen LogP contribution in [-0.2, 0) is 11.8 Å². The molecule has 0 bridgehead atoms. The van der Waals surface area contributed by atoms with Gasteiger partial charge in [0.2, 0.25) is 0 Å². The third kappa shape index (κ3) is 2.21. The maximum atomic E-state index is 5.71. The minimum atomic E-state index is 0.304. The SMILES string of the molecule is Cn1cc(OC2CCOCC2)cn1. The number of aromatic nitrogens is 2. The van der Waals surface area contributed by atoms with E-state index >= 15 is 0 Å². The molecule has 1 saturated heterocycles. The summed E-state index contributed by atoms with van der Waals surface area (Å²) in [6.45, 7) is 1.62. The van der Waals surface area contributed by atoms with E-state index in [0.29, 0.717) is 6.10 Å². The zero-order chi connectivity index (χ0) is 9.10. The molecular formula is C9H14N2O2. The van der Waals surface area contributed by atoms with E-state index in [1.54, 1.807) is 10.9 Å². The van der Waals surface area contributed by atoms with Crippen molar-refractivity contribution in [2.45, 2.75) is 18.9 Å². The van der Waals surface area contributed by atoms with Gasteiger partial charge in [-0.2, -0.15) is 5.10 Å². The van der Waals surface area contributed by atoms with E-state index < -0.39 is 0 Å². The Morgan fingerprint density at radius 2 is 2.31 bits per heavy atom. The second kappa shape index (κ2) is 3.79. The van der Waals surface area contributed by atoms with E-state index in [1.165, 1.54) is 0 Å². The van der Waals surface area contributed by atoms with Gasteiger partial charge in [0.1, 0.15) is 6.10 Å². The van der Waals surface area contributed by atoms with Crippen LogP contribution in [0.25, 0.3) is 0 Å². The predicted molar refractivity (Wildman–Crippen MR) is 47.7 cm³/mol. The van der Waals surface area contributed by atoms with Crippen molar-refractivity contribution in [2.75, 3.05) is 13.2 Å². The van der Waals surface area contributed by atoms with Gasteiger partial charge in [-0.25, -0.2) is 0 Å². The highest BCUT2D eigenvalue weighted by atomic mass is 16.5. The largest absolute Gasteiger partial charge is 0.487 e. The summed E-state index contributed by atoms with van der Waals surface area (Å²) in [6, 6.07) is 0. The van der Waals surface area contributed by atoms with Crippen LogP contribution in [0.5, 0.6) is 5.75 Å². The summed E-state index contributed by atoms with van der Waals surface area (Å²) in [5.74, 6) is 0.856. The van der Waals surface area contributed by atoms with E-state index in [9.17, 15) is 0 Å². The molecule has 2 heterocycles. The Labute approximate surface area is 77.4 Å². The van der Waals surface area contributed by atoms with Crippen molar-refractivity contribution >= 4 is 0 Å². The molecule has 0 saturated carbocycles. The number of hydrogen-bond acceptors (Lipinski definition) is 3. The third-order valence-electron chi connectivity index (χ3n) is 2.15. The van der Waals surface area contributed by atoms with Crippen molar-refractivity contribution < 1.29 is 9.47 Å².